The molecule has 128 valence electrons. The van der Waals surface area contributed by atoms with E-state index in [4.69, 9.17) is 4.74 Å². The number of benzene rings is 1. The maximum atomic E-state index is 5.97. The molecule has 4 rings (SSSR count). The number of morpholine rings is 1. The summed E-state index contributed by atoms with van der Waals surface area (Å²) in [7, 11) is 0. The topological polar surface area (TPSA) is 28.6 Å². The van der Waals surface area contributed by atoms with Crippen LogP contribution in [0.2, 0.25) is 0 Å². The van der Waals surface area contributed by atoms with E-state index in [9.17, 15) is 0 Å². The summed E-state index contributed by atoms with van der Waals surface area (Å²) in [5.41, 5.74) is 1.36. The summed E-state index contributed by atoms with van der Waals surface area (Å²) in [4.78, 5) is 10.9. The minimum atomic E-state index is 0.298. The fourth-order valence-corrected chi connectivity index (χ4v) is 4.57. The Kier molecular flexibility index (Phi) is 5.11. The first-order valence-electron chi connectivity index (χ1n) is 8.94. The molecule has 3 heterocycles. The highest BCUT2D eigenvalue weighted by molar-refractivity contribution is 7.15. The molecule has 1 atom stereocenters. The smallest absolute Gasteiger partial charge is 0.185 e. The van der Waals surface area contributed by atoms with Crippen molar-refractivity contribution in [2.75, 3.05) is 37.7 Å². The van der Waals surface area contributed by atoms with Crippen molar-refractivity contribution in [3.63, 3.8) is 0 Å². The first-order chi connectivity index (χ1) is 11.9. The predicted octanol–water partition coefficient (Wildman–Crippen LogP) is 3.19. The van der Waals surface area contributed by atoms with Gasteiger partial charge >= 0.3 is 0 Å². The van der Waals surface area contributed by atoms with E-state index in [1.165, 1.54) is 41.5 Å². The number of aromatic nitrogens is 1. The van der Waals surface area contributed by atoms with Gasteiger partial charge in [-0.05, 0) is 24.8 Å². The van der Waals surface area contributed by atoms with Gasteiger partial charge in [-0.15, -0.1) is 11.3 Å². The van der Waals surface area contributed by atoms with E-state index in [1.807, 2.05) is 11.3 Å². The van der Waals surface area contributed by atoms with E-state index in [1.54, 1.807) is 0 Å². The van der Waals surface area contributed by atoms with Crippen LogP contribution < -0.4 is 4.90 Å². The predicted molar refractivity (Wildman–Crippen MR) is 98.7 cm³/mol. The van der Waals surface area contributed by atoms with Gasteiger partial charge in [0.2, 0.25) is 0 Å². The Hall–Kier alpha value is -1.43. The van der Waals surface area contributed by atoms with Crippen molar-refractivity contribution in [2.24, 2.45) is 0 Å². The maximum Gasteiger partial charge on any atom is 0.185 e. The first kappa shape index (κ1) is 16.1. The van der Waals surface area contributed by atoms with Gasteiger partial charge < -0.3 is 9.64 Å². The summed E-state index contributed by atoms with van der Waals surface area (Å²) in [6.07, 6.45) is 5.98. The number of rotatable bonds is 5. The van der Waals surface area contributed by atoms with Crippen molar-refractivity contribution >= 4 is 16.5 Å². The molecule has 2 aliphatic rings. The van der Waals surface area contributed by atoms with Crippen LogP contribution in [0.15, 0.2) is 36.5 Å². The third-order valence-corrected chi connectivity index (χ3v) is 5.87. The van der Waals surface area contributed by atoms with Gasteiger partial charge in [-0.2, -0.15) is 0 Å². The second-order valence-electron chi connectivity index (χ2n) is 6.72. The van der Waals surface area contributed by atoms with E-state index < -0.39 is 0 Å². The van der Waals surface area contributed by atoms with Crippen molar-refractivity contribution in [1.29, 1.82) is 0 Å². The average molecular weight is 343 g/mol. The molecular weight excluding hydrogens is 318 g/mol. The van der Waals surface area contributed by atoms with Gasteiger partial charge in [-0.3, -0.25) is 4.90 Å². The fourth-order valence-electron chi connectivity index (χ4n) is 3.57. The minimum Gasteiger partial charge on any atom is -0.375 e. The van der Waals surface area contributed by atoms with Crippen LogP contribution in [-0.2, 0) is 17.7 Å². The molecular formula is C19H25N3OS. The minimum absolute atomic E-state index is 0.298. The molecule has 2 fully saturated rings. The molecule has 0 spiro atoms. The Balaban J connectivity index is 1.33. The highest BCUT2D eigenvalue weighted by Crippen LogP contribution is 2.27. The highest BCUT2D eigenvalue weighted by atomic mass is 32.1. The third-order valence-electron chi connectivity index (χ3n) is 4.83. The van der Waals surface area contributed by atoms with Crippen molar-refractivity contribution in [2.45, 2.75) is 31.9 Å². The largest absolute Gasteiger partial charge is 0.375 e. The fraction of sp³-hybridized carbons (Fsp3) is 0.526. The summed E-state index contributed by atoms with van der Waals surface area (Å²) >= 11 is 1.86. The zero-order valence-corrected chi connectivity index (χ0v) is 14.9. The zero-order valence-electron chi connectivity index (χ0n) is 14.1. The van der Waals surface area contributed by atoms with Crippen LogP contribution in [0.4, 0.5) is 5.13 Å². The summed E-state index contributed by atoms with van der Waals surface area (Å²) in [5.74, 6) is 0. The van der Waals surface area contributed by atoms with Gasteiger partial charge in [0.1, 0.15) is 0 Å². The normalized spacial score (nSPS) is 22.2. The number of hydrogen-bond acceptors (Lipinski definition) is 5. The second kappa shape index (κ2) is 7.64. The quantitative estimate of drug-likeness (QED) is 0.834. The molecule has 2 saturated heterocycles. The molecule has 0 bridgehead atoms. The molecule has 0 amide bonds. The Morgan fingerprint density at radius 2 is 1.96 bits per heavy atom. The number of thiazole rings is 1. The van der Waals surface area contributed by atoms with Crippen LogP contribution in [0.25, 0.3) is 0 Å². The monoisotopic (exact) mass is 343 g/mol. The molecule has 0 saturated carbocycles. The number of hydrogen-bond donors (Lipinski definition) is 0. The number of anilines is 1. The first-order valence-corrected chi connectivity index (χ1v) is 9.76. The summed E-state index contributed by atoms with van der Waals surface area (Å²) in [6, 6.07) is 10.7. The second-order valence-corrected chi connectivity index (χ2v) is 7.81. The van der Waals surface area contributed by atoms with Gasteiger partial charge in [-0.1, -0.05) is 30.3 Å². The molecule has 1 aromatic carbocycles. The molecule has 0 aliphatic carbocycles. The Morgan fingerprint density at radius 1 is 1.12 bits per heavy atom. The van der Waals surface area contributed by atoms with Crippen molar-refractivity contribution in [3.05, 3.63) is 47.0 Å². The van der Waals surface area contributed by atoms with Gasteiger partial charge in [0.25, 0.3) is 0 Å². The lowest BCUT2D eigenvalue weighted by Crippen LogP contribution is -2.42. The molecule has 0 unspecified atom stereocenters. The van der Waals surface area contributed by atoms with E-state index in [2.05, 4.69) is 51.3 Å². The maximum absolute atomic E-state index is 5.97. The Bertz CT molecular complexity index is 639. The van der Waals surface area contributed by atoms with Crippen LogP contribution in [-0.4, -0.2) is 48.8 Å². The lowest BCUT2D eigenvalue weighted by molar-refractivity contribution is -0.0302. The zero-order chi connectivity index (χ0) is 16.2. The highest BCUT2D eigenvalue weighted by Gasteiger charge is 2.22. The van der Waals surface area contributed by atoms with Crippen LogP contribution >= 0.6 is 11.3 Å². The molecule has 1 aromatic heterocycles. The molecule has 24 heavy (non-hydrogen) atoms. The standard InChI is InChI=1S/C19H25N3OS/c1-2-6-16(7-3-1)12-17-14-21(10-11-23-17)15-18-13-20-19(24-18)22-8-4-5-9-22/h1-3,6-7,13,17H,4-5,8-12,14-15H2/t17-/m1/s1. The van der Waals surface area contributed by atoms with Crippen molar-refractivity contribution in [3.8, 4) is 0 Å². The molecule has 0 N–H and O–H groups in total. The van der Waals surface area contributed by atoms with Gasteiger partial charge in [0.05, 0.1) is 12.7 Å². The van der Waals surface area contributed by atoms with Crippen LogP contribution in [0.1, 0.15) is 23.3 Å². The lowest BCUT2D eigenvalue weighted by Gasteiger charge is -2.32. The van der Waals surface area contributed by atoms with Gasteiger partial charge in [-0.25, -0.2) is 4.98 Å². The van der Waals surface area contributed by atoms with Crippen molar-refractivity contribution in [1.82, 2.24) is 9.88 Å². The summed E-state index contributed by atoms with van der Waals surface area (Å²) in [6.45, 7) is 6.19. The molecule has 5 heteroatoms. The van der Waals surface area contributed by atoms with Gasteiger partial charge in [0, 0.05) is 43.8 Å². The van der Waals surface area contributed by atoms with E-state index in [-0.39, 0.29) is 0 Å². The molecule has 4 nitrogen and oxygen atoms in total. The van der Waals surface area contributed by atoms with Crippen LogP contribution in [0.3, 0.4) is 0 Å². The average Bonchev–Trinajstić information content (AvgIpc) is 3.27. The van der Waals surface area contributed by atoms with Crippen molar-refractivity contribution < 1.29 is 4.74 Å². The van der Waals surface area contributed by atoms with E-state index in [0.717, 1.165) is 32.7 Å². The van der Waals surface area contributed by atoms with Gasteiger partial charge in [0.15, 0.2) is 5.13 Å². The molecule has 0 radical (unpaired) electrons. The Labute approximate surface area is 148 Å². The summed E-state index contributed by atoms with van der Waals surface area (Å²) < 4.78 is 5.97. The number of ether oxygens (including phenoxy) is 1. The molecule has 2 aromatic rings. The third kappa shape index (κ3) is 3.97. The summed E-state index contributed by atoms with van der Waals surface area (Å²) in [5, 5.41) is 1.21. The Morgan fingerprint density at radius 3 is 2.79 bits per heavy atom. The van der Waals surface area contributed by atoms with Crippen LogP contribution in [0.5, 0.6) is 0 Å². The SMILES string of the molecule is c1ccc(C[C@@H]2CN(Cc3cnc(N4CCCC4)s3)CCO2)cc1. The molecule has 2 aliphatic heterocycles. The lowest BCUT2D eigenvalue weighted by atomic mass is 10.1. The number of nitrogens with zero attached hydrogens (tertiary/aromatic N) is 3. The van der Waals surface area contributed by atoms with E-state index >= 15 is 0 Å². The van der Waals surface area contributed by atoms with Crippen LogP contribution in [0, 0.1) is 0 Å². The van der Waals surface area contributed by atoms with E-state index in [0.29, 0.717) is 6.10 Å².